The predicted octanol–water partition coefficient (Wildman–Crippen LogP) is 1.33. The van der Waals surface area contributed by atoms with Crippen LogP contribution in [0.2, 0.25) is 0 Å². The van der Waals surface area contributed by atoms with Crippen LogP contribution in [0, 0.1) is 0 Å². The molecule has 0 amide bonds. The average molecular weight is 201 g/mol. The fourth-order valence-electron chi connectivity index (χ4n) is 0.797. The van der Waals surface area contributed by atoms with Gasteiger partial charge < -0.3 is 4.74 Å². The zero-order valence-electron chi connectivity index (χ0n) is 7.44. The van der Waals surface area contributed by atoms with Crippen molar-refractivity contribution in [3.8, 4) is 5.75 Å². The van der Waals surface area contributed by atoms with E-state index < -0.39 is 11.3 Å². The van der Waals surface area contributed by atoms with Gasteiger partial charge in [-0.1, -0.05) is 0 Å². The molecule has 0 aliphatic carbocycles. The van der Waals surface area contributed by atoms with Crippen molar-refractivity contribution in [2.45, 2.75) is 0 Å². The predicted molar refractivity (Wildman–Crippen MR) is 51.8 cm³/mol. The number of anilines is 1. The van der Waals surface area contributed by atoms with Gasteiger partial charge in [0.05, 0.1) is 14.2 Å². The van der Waals surface area contributed by atoms with Crippen molar-refractivity contribution in [2.75, 3.05) is 18.9 Å². The monoisotopic (exact) mass is 201 g/mol. The third kappa shape index (κ3) is 3.04. The van der Waals surface area contributed by atoms with Crippen LogP contribution in [-0.4, -0.2) is 18.4 Å². The smallest absolute Gasteiger partial charge is 0.261 e. The molecule has 0 fully saturated rings. The lowest BCUT2D eigenvalue weighted by Crippen LogP contribution is -2.04. The van der Waals surface area contributed by atoms with Crippen LogP contribution in [0.25, 0.3) is 0 Å². The van der Waals surface area contributed by atoms with Crippen molar-refractivity contribution in [1.29, 1.82) is 0 Å². The van der Waals surface area contributed by atoms with E-state index in [-0.39, 0.29) is 0 Å². The quantitative estimate of drug-likeness (QED) is 0.799. The van der Waals surface area contributed by atoms with Crippen molar-refractivity contribution in [1.82, 2.24) is 0 Å². The number of ether oxygens (including phenoxy) is 1. The maximum atomic E-state index is 10.9. The van der Waals surface area contributed by atoms with Gasteiger partial charge in [-0.2, -0.15) is 0 Å². The fraction of sp³-hybridized carbons (Fsp3) is 0.250. The molecule has 1 aromatic carbocycles. The second-order valence-electron chi connectivity index (χ2n) is 2.23. The molecule has 1 unspecified atom stereocenters. The van der Waals surface area contributed by atoms with Crippen molar-refractivity contribution in [3.63, 3.8) is 0 Å². The summed E-state index contributed by atoms with van der Waals surface area (Å²) in [5.74, 6) is 0.758. The van der Waals surface area contributed by atoms with Gasteiger partial charge in [0.2, 0.25) is 0 Å². The van der Waals surface area contributed by atoms with Gasteiger partial charge >= 0.3 is 0 Å². The molecule has 0 saturated heterocycles. The van der Waals surface area contributed by atoms with E-state index in [2.05, 4.69) is 8.91 Å². The lowest BCUT2D eigenvalue weighted by Gasteiger charge is -2.04. The summed E-state index contributed by atoms with van der Waals surface area (Å²) in [6.45, 7) is 0. The molecular formula is C8H11NO3S. The molecule has 0 aliphatic heterocycles. The van der Waals surface area contributed by atoms with Gasteiger partial charge in [0.1, 0.15) is 5.75 Å². The van der Waals surface area contributed by atoms with E-state index in [4.69, 9.17) is 4.74 Å². The standard InChI is InChI=1S/C8H11NO3S/c1-11-8-5-3-7(4-6-8)9-13(10)12-2/h3-6,9H,1-2H3. The summed E-state index contributed by atoms with van der Waals surface area (Å²) in [4.78, 5) is 0. The maximum Gasteiger partial charge on any atom is 0.261 e. The summed E-state index contributed by atoms with van der Waals surface area (Å²) in [6, 6.07) is 7.07. The van der Waals surface area contributed by atoms with Crippen LogP contribution in [0.5, 0.6) is 5.75 Å². The summed E-state index contributed by atoms with van der Waals surface area (Å²) < 4.78 is 23.0. The van der Waals surface area contributed by atoms with Crippen LogP contribution in [-0.2, 0) is 15.4 Å². The lowest BCUT2D eigenvalue weighted by atomic mass is 10.3. The Labute approximate surface area is 79.7 Å². The average Bonchev–Trinajstić information content (AvgIpc) is 2.19. The number of rotatable bonds is 4. The molecular weight excluding hydrogens is 190 g/mol. The summed E-state index contributed by atoms with van der Waals surface area (Å²) in [6.07, 6.45) is 0. The van der Waals surface area contributed by atoms with Crippen LogP contribution in [0.1, 0.15) is 0 Å². The number of hydrogen-bond acceptors (Lipinski definition) is 3. The molecule has 0 spiro atoms. The van der Waals surface area contributed by atoms with Crippen molar-refractivity contribution < 1.29 is 13.1 Å². The van der Waals surface area contributed by atoms with E-state index in [9.17, 15) is 4.21 Å². The van der Waals surface area contributed by atoms with Gasteiger partial charge in [0, 0.05) is 5.69 Å². The minimum absolute atomic E-state index is 0.723. The molecule has 0 heterocycles. The molecule has 72 valence electrons. The first-order valence-corrected chi connectivity index (χ1v) is 4.70. The number of nitrogens with one attached hydrogen (secondary N) is 1. The van der Waals surface area contributed by atoms with E-state index in [0.29, 0.717) is 0 Å². The van der Waals surface area contributed by atoms with Crippen LogP contribution in [0.3, 0.4) is 0 Å². The minimum atomic E-state index is -1.48. The highest BCUT2D eigenvalue weighted by atomic mass is 32.2. The molecule has 0 bridgehead atoms. The zero-order valence-corrected chi connectivity index (χ0v) is 8.26. The fourth-order valence-corrected chi connectivity index (χ4v) is 1.21. The molecule has 4 nitrogen and oxygen atoms in total. The van der Waals surface area contributed by atoms with Gasteiger partial charge in [-0.25, -0.2) is 4.21 Å². The van der Waals surface area contributed by atoms with Gasteiger partial charge in [-0.3, -0.25) is 8.91 Å². The molecule has 0 radical (unpaired) electrons. The highest BCUT2D eigenvalue weighted by Crippen LogP contribution is 2.15. The minimum Gasteiger partial charge on any atom is -0.497 e. The van der Waals surface area contributed by atoms with Gasteiger partial charge in [0.25, 0.3) is 11.3 Å². The van der Waals surface area contributed by atoms with E-state index in [0.717, 1.165) is 11.4 Å². The van der Waals surface area contributed by atoms with E-state index in [1.807, 2.05) is 0 Å². The van der Waals surface area contributed by atoms with Crippen LogP contribution >= 0.6 is 0 Å². The molecule has 1 aromatic rings. The molecule has 5 heteroatoms. The highest BCUT2D eigenvalue weighted by Gasteiger charge is 1.97. The van der Waals surface area contributed by atoms with E-state index in [1.54, 1.807) is 31.4 Å². The molecule has 1 atom stereocenters. The summed E-state index contributed by atoms with van der Waals surface area (Å²) in [5, 5.41) is 0. The topological polar surface area (TPSA) is 47.6 Å². The number of benzene rings is 1. The highest BCUT2D eigenvalue weighted by molar-refractivity contribution is 7.81. The lowest BCUT2D eigenvalue weighted by molar-refractivity contribution is 0.415. The Bertz CT molecular complexity index is 286. The zero-order chi connectivity index (χ0) is 9.68. The van der Waals surface area contributed by atoms with Crippen LogP contribution in [0.4, 0.5) is 5.69 Å². The van der Waals surface area contributed by atoms with Gasteiger partial charge in [-0.15, -0.1) is 0 Å². The first-order chi connectivity index (χ1) is 6.26. The Morgan fingerprint density at radius 3 is 2.31 bits per heavy atom. The molecule has 13 heavy (non-hydrogen) atoms. The SMILES string of the molecule is COc1ccc(NS(=O)OC)cc1. The normalized spacial score (nSPS) is 12.2. The largest absolute Gasteiger partial charge is 0.497 e. The summed E-state index contributed by atoms with van der Waals surface area (Å²) in [5.41, 5.74) is 0.723. The maximum absolute atomic E-state index is 10.9. The molecule has 1 N–H and O–H groups in total. The number of methoxy groups -OCH3 is 1. The van der Waals surface area contributed by atoms with E-state index >= 15 is 0 Å². The first-order valence-electron chi connectivity index (χ1n) is 3.63. The third-order valence-corrected chi connectivity index (χ3v) is 2.15. The van der Waals surface area contributed by atoms with E-state index in [1.165, 1.54) is 7.11 Å². The third-order valence-electron chi connectivity index (χ3n) is 1.44. The molecule has 0 saturated carbocycles. The molecule has 1 rings (SSSR count). The van der Waals surface area contributed by atoms with Gasteiger partial charge in [-0.05, 0) is 24.3 Å². The van der Waals surface area contributed by atoms with Gasteiger partial charge in [0.15, 0.2) is 0 Å². The first kappa shape index (κ1) is 10.0. The second-order valence-corrected chi connectivity index (χ2v) is 3.24. The number of hydrogen-bond donors (Lipinski definition) is 1. The summed E-state index contributed by atoms with van der Waals surface area (Å²) >= 11 is -1.48. The Balaban J connectivity index is 2.64. The Kier molecular flexibility index (Phi) is 3.72. The Hall–Kier alpha value is -1.07. The van der Waals surface area contributed by atoms with Crippen LogP contribution in [0.15, 0.2) is 24.3 Å². The Morgan fingerprint density at radius 1 is 1.23 bits per heavy atom. The van der Waals surface area contributed by atoms with Crippen molar-refractivity contribution in [3.05, 3.63) is 24.3 Å². The van der Waals surface area contributed by atoms with Crippen LogP contribution < -0.4 is 9.46 Å². The second kappa shape index (κ2) is 4.84. The molecule has 0 aromatic heterocycles. The van der Waals surface area contributed by atoms with Crippen molar-refractivity contribution >= 4 is 17.0 Å². The summed E-state index contributed by atoms with van der Waals surface area (Å²) in [7, 11) is 2.96. The molecule has 0 aliphatic rings. The van der Waals surface area contributed by atoms with Crippen molar-refractivity contribution in [2.24, 2.45) is 0 Å². The Morgan fingerprint density at radius 2 is 1.85 bits per heavy atom.